The molecule has 9 heteroatoms. The molecule has 41 heavy (non-hydrogen) atoms. The van der Waals surface area contributed by atoms with Gasteiger partial charge in [0.05, 0.1) is 18.8 Å². The zero-order valence-electron chi connectivity index (χ0n) is 20.9. The van der Waals surface area contributed by atoms with E-state index >= 15 is 0 Å². The van der Waals surface area contributed by atoms with E-state index in [9.17, 15) is 0 Å². The minimum Gasteiger partial charge on any atom is -0.192 e. The second-order valence-corrected chi connectivity index (χ2v) is 14.1. The van der Waals surface area contributed by atoms with Crippen LogP contribution in [-0.4, -0.2) is 0 Å². The van der Waals surface area contributed by atoms with Crippen molar-refractivity contribution in [3.63, 3.8) is 0 Å². The molecule has 0 N–H and O–H groups in total. The van der Waals surface area contributed by atoms with E-state index in [1.165, 1.54) is 53.0 Å². The number of rotatable bonds is 4. The summed E-state index contributed by atoms with van der Waals surface area (Å²) in [5.41, 5.74) is 0.276. The van der Waals surface area contributed by atoms with Crippen molar-refractivity contribution < 1.29 is 0 Å². The van der Waals surface area contributed by atoms with Crippen LogP contribution < -0.4 is 18.1 Å². The number of benzene rings is 1. The molecule has 0 aliphatic carbocycles. The Balaban J connectivity index is 1.37. The largest absolute Gasteiger partial charge is 0.192 e. The summed E-state index contributed by atoms with van der Waals surface area (Å²) in [5.74, 6) is 0. The van der Waals surface area contributed by atoms with Crippen LogP contribution in [0.2, 0.25) is 0 Å². The SMILES string of the molecule is N#CC(C#N)=c1cc/c(=C/c2ccc(-c3sc(-c4ccc(/C=c5/ccc(=C(C#N)C#N)s5)s4)c4ccccc34)s2)s1. The molecule has 0 amide bonds. The summed E-state index contributed by atoms with van der Waals surface area (Å²) in [7, 11) is 0. The molecule has 4 nitrogen and oxygen atoms in total. The number of hydrogen-bond acceptors (Lipinski definition) is 9. The van der Waals surface area contributed by atoms with Gasteiger partial charge in [0.15, 0.2) is 0 Å². The molecule has 0 aliphatic heterocycles. The van der Waals surface area contributed by atoms with Crippen LogP contribution in [0.1, 0.15) is 9.75 Å². The van der Waals surface area contributed by atoms with Crippen molar-refractivity contribution >= 4 is 90.8 Å². The summed E-state index contributed by atoms with van der Waals surface area (Å²) in [6, 6.07) is 32.4. The van der Waals surface area contributed by atoms with Gasteiger partial charge in [0.1, 0.15) is 35.4 Å². The van der Waals surface area contributed by atoms with E-state index in [4.69, 9.17) is 21.0 Å². The summed E-state index contributed by atoms with van der Waals surface area (Å²) < 4.78 is 3.38. The fourth-order valence-electron chi connectivity index (χ4n) is 4.24. The second-order valence-electron chi connectivity index (χ2n) is 8.60. The molecule has 0 aliphatic rings. The van der Waals surface area contributed by atoms with Gasteiger partial charge in [-0.25, -0.2) is 0 Å². The van der Waals surface area contributed by atoms with Gasteiger partial charge in [-0.15, -0.1) is 56.7 Å². The minimum absolute atomic E-state index is 0.138. The predicted octanol–water partition coefficient (Wildman–Crippen LogP) is 6.53. The van der Waals surface area contributed by atoms with E-state index in [0.717, 1.165) is 18.8 Å². The Morgan fingerprint density at radius 2 is 0.927 bits per heavy atom. The minimum atomic E-state index is 0.138. The first-order chi connectivity index (χ1) is 20.1. The molecule has 0 atom stereocenters. The fraction of sp³-hybridized carbons (Fsp3) is 0. The van der Waals surface area contributed by atoms with E-state index in [-0.39, 0.29) is 11.1 Å². The molecule has 0 bridgehead atoms. The lowest BCUT2D eigenvalue weighted by Gasteiger charge is -1.94. The molecule has 0 unspecified atom stereocenters. The highest BCUT2D eigenvalue weighted by atomic mass is 32.1. The Hall–Kier alpha value is -4.58. The Kier molecular flexibility index (Phi) is 7.47. The van der Waals surface area contributed by atoms with Gasteiger partial charge in [0.25, 0.3) is 0 Å². The molecule has 0 spiro atoms. The van der Waals surface area contributed by atoms with E-state index in [0.29, 0.717) is 9.06 Å². The molecular weight excluding hydrogens is 601 g/mol. The summed E-state index contributed by atoms with van der Waals surface area (Å²) in [6.07, 6.45) is 4.19. The summed E-state index contributed by atoms with van der Waals surface area (Å²) in [6.45, 7) is 0. The molecular formula is C32H14N4S5. The molecule has 6 rings (SSSR count). The lowest BCUT2D eigenvalue weighted by Crippen LogP contribution is -1.96. The van der Waals surface area contributed by atoms with Crippen molar-refractivity contribution in [1.82, 2.24) is 0 Å². The van der Waals surface area contributed by atoms with Crippen LogP contribution >= 0.6 is 56.7 Å². The van der Waals surface area contributed by atoms with Crippen LogP contribution in [0.4, 0.5) is 0 Å². The maximum absolute atomic E-state index is 9.15. The van der Waals surface area contributed by atoms with E-state index in [1.54, 1.807) is 34.0 Å². The van der Waals surface area contributed by atoms with Gasteiger partial charge in [0, 0.05) is 39.3 Å². The summed E-state index contributed by atoms with van der Waals surface area (Å²) in [4.78, 5) is 7.07. The Bertz CT molecular complexity index is 2180. The summed E-state index contributed by atoms with van der Waals surface area (Å²) in [5, 5.41) is 39.1. The maximum Gasteiger partial charge on any atom is 0.146 e. The first-order valence-corrected chi connectivity index (χ1v) is 16.1. The third-order valence-electron chi connectivity index (χ3n) is 6.08. The van der Waals surface area contributed by atoms with Crippen molar-refractivity contribution in [2.75, 3.05) is 0 Å². The standard InChI is InChI=1S/C32H14N4S5/c33-15-19(16-34)27-9-5-21(37-27)13-23-7-11-29(39-23)31-25-3-1-2-4-26(25)32(41-31)30-12-8-24(40-30)14-22-6-10-28(38-22)20(17-35)18-36/h1-14H/b21-13-,22-14-. The predicted molar refractivity (Wildman–Crippen MR) is 172 cm³/mol. The number of nitriles is 4. The van der Waals surface area contributed by atoms with E-state index in [1.807, 2.05) is 48.5 Å². The van der Waals surface area contributed by atoms with Crippen molar-refractivity contribution in [2.24, 2.45) is 0 Å². The van der Waals surface area contributed by atoms with Gasteiger partial charge in [-0.2, -0.15) is 21.0 Å². The van der Waals surface area contributed by atoms with Gasteiger partial charge < -0.3 is 0 Å². The van der Waals surface area contributed by atoms with Crippen molar-refractivity contribution in [1.29, 1.82) is 21.0 Å². The van der Waals surface area contributed by atoms with Crippen LogP contribution in [-0.2, 0) is 0 Å². The monoisotopic (exact) mass is 614 g/mol. The molecule has 5 heterocycles. The average molecular weight is 615 g/mol. The highest BCUT2D eigenvalue weighted by molar-refractivity contribution is 7.28. The lowest BCUT2D eigenvalue weighted by molar-refractivity contribution is 1.51. The van der Waals surface area contributed by atoms with Gasteiger partial charge in [-0.3, -0.25) is 0 Å². The zero-order chi connectivity index (χ0) is 28.3. The van der Waals surface area contributed by atoms with Gasteiger partial charge >= 0.3 is 0 Å². The van der Waals surface area contributed by atoms with Crippen LogP contribution in [0.25, 0.3) is 53.6 Å². The molecule has 0 radical (unpaired) electrons. The number of nitrogens with zero attached hydrogens (tertiary/aromatic N) is 4. The molecule has 192 valence electrons. The van der Waals surface area contributed by atoms with Crippen molar-refractivity contribution in [2.45, 2.75) is 0 Å². The first kappa shape index (κ1) is 26.6. The smallest absolute Gasteiger partial charge is 0.146 e. The van der Waals surface area contributed by atoms with Gasteiger partial charge in [-0.05, 0) is 60.7 Å². The average Bonchev–Trinajstić information content (AvgIpc) is 3.82. The number of fused-ring (bicyclic) bond motifs is 1. The maximum atomic E-state index is 9.15. The Morgan fingerprint density at radius 3 is 1.34 bits per heavy atom. The normalized spacial score (nSPS) is 11.6. The van der Waals surface area contributed by atoms with Crippen LogP contribution in [0.3, 0.4) is 0 Å². The highest BCUT2D eigenvalue weighted by Crippen LogP contribution is 2.47. The van der Waals surface area contributed by atoms with Crippen molar-refractivity contribution in [3.8, 4) is 43.8 Å². The van der Waals surface area contributed by atoms with Gasteiger partial charge in [0.2, 0.25) is 0 Å². The number of hydrogen-bond donors (Lipinski definition) is 0. The van der Waals surface area contributed by atoms with Crippen LogP contribution in [0.5, 0.6) is 0 Å². The topological polar surface area (TPSA) is 95.2 Å². The van der Waals surface area contributed by atoms with Crippen LogP contribution in [0, 0.1) is 45.3 Å². The highest BCUT2D eigenvalue weighted by Gasteiger charge is 2.16. The lowest BCUT2D eigenvalue weighted by atomic mass is 10.1. The third-order valence-corrected chi connectivity index (χ3v) is 11.8. The molecule has 0 saturated carbocycles. The molecule has 0 fully saturated rings. The second kappa shape index (κ2) is 11.5. The van der Waals surface area contributed by atoms with E-state index in [2.05, 4.69) is 60.7 Å². The molecule has 6 aromatic rings. The Labute approximate surface area is 254 Å². The number of thiophene rings is 5. The van der Waals surface area contributed by atoms with Crippen molar-refractivity contribution in [3.05, 3.63) is 101 Å². The third kappa shape index (κ3) is 5.30. The first-order valence-electron chi connectivity index (χ1n) is 12.1. The van der Waals surface area contributed by atoms with Gasteiger partial charge in [-0.1, -0.05) is 24.3 Å². The molecule has 0 saturated heterocycles. The summed E-state index contributed by atoms with van der Waals surface area (Å²) >= 11 is 8.13. The van der Waals surface area contributed by atoms with Crippen LogP contribution in [0.15, 0.2) is 72.8 Å². The quantitative estimate of drug-likeness (QED) is 0.225. The fourth-order valence-corrected chi connectivity index (χ4v) is 9.65. The molecule has 1 aromatic carbocycles. The van der Waals surface area contributed by atoms with E-state index < -0.39 is 0 Å². The Morgan fingerprint density at radius 1 is 0.488 bits per heavy atom. The molecule has 5 aromatic heterocycles. The zero-order valence-corrected chi connectivity index (χ0v) is 25.0.